The highest BCUT2D eigenvalue weighted by Gasteiger charge is 2.37. The van der Waals surface area contributed by atoms with Crippen LogP contribution in [-0.2, 0) is 16.2 Å². The second kappa shape index (κ2) is 10.5. The molecule has 184 valence electrons. The van der Waals surface area contributed by atoms with Crippen molar-refractivity contribution in [2.75, 3.05) is 19.6 Å². The number of imide groups is 1. The molecule has 2 aliphatic heterocycles. The molecule has 0 unspecified atom stereocenters. The number of likely N-dealkylation sites (tertiary alicyclic amines) is 1. The molecule has 3 aromatic rings. The summed E-state index contributed by atoms with van der Waals surface area (Å²) in [5.74, 6) is -0.464. The van der Waals surface area contributed by atoms with Crippen LogP contribution in [0, 0.1) is 5.82 Å². The van der Waals surface area contributed by atoms with Crippen LogP contribution >= 0.6 is 11.8 Å². The normalized spacial score (nSPS) is 17.3. The average Bonchev–Trinajstić information content (AvgIpc) is 3.17. The van der Waals surface area contributed by atoms with Crippen molar-refractivity contribution in [1.82, 2.24) is 9.80 Å². The summed E-state index contributed by atoms with van der Waals surface area (Å²) in [7, 11) is 0. The summed E-state index contributed by atoms with van der Waals surface area (Å²) in [4.78, 5) is 41.5. The maximum absolute atomic E-state index is 13.3. The molecule has 0 radical (unpaired) electrons. The van der Waals surface area contributed by atoms with Gasteiger partial charge >= 0.3 is 0 Å². The number of ether oxygens (including phenoxy) is 1. The fourth-order valence-corrected chi connectivity index (χ4v) is 5.26. The van der Waals surface area contributed by atoms with E-state index in [1.165, 1.54) is 12.1 Å². The zero-order valence-corrected chi connectivity index (χ0v) is 20.4. The fraction of sp³-hybridized carbons (Fsp3) is 0.250. The van der Waals surface area contributed by atoms with Gasteiger partial charge in [0.2, 0.25) is 5.91 Å². The van der Waals surface area contributed by atoms with Gasteiger partial charge in [-0.25, -0.2) is 4.39 Å². The highest BCUT2D eigenvalue weighted by atomic mass is 32.2. The Bertz CT molecular complexity index is 1350. The van der Waals surface area contributed by atoms with Crippen LogP contribution in [0.15, 0.2) is 65.6 Å². The molecule has 36 heavy (non-hydrogen) atoms. The second-order valence-electron chi connectivity index (χ2n) is 8.82. The Kier molecular flexibility index (Phi) is 7.04. The number of nitrogens with zero attached hydrogens (tertiary/aromatic N) is 2. The predicted octanol–water partition coefficient (Wildman–Crippen LogP) is 5.61. The molecule has 2 aliphatic rings. The molecule has 2 heterocycles. The number of rotatable bonds is 6. The fourth-order valence-electron chi connectivity index (χ4n) is 4.44. The molecule has 3 aromatic carbocycles. The van der Waals surface area contributed by atoms with E-state index in [1.54, 1.807) is 23.1 Å². The van der Waals surface area contributed by atoms with Crippen molar-refractivity contribution in [3.8, 4) is 5.75 Å². The van der Waals surface area contributed by atoms with E-state index in [9.17, 15) is 18.8 Å². The third kappa shape index (κ3) is 5.14. The molecule has 8 heteroatoms. The third-order valence-corrected chi connectivity index (χ3v) is 7.30. The van der Waals surface area contributed by atoms with E-state index >= 15 is 0 Å². The monoisotopic (exact) mass is 504 g/mol. The molecule has 0 spiro atoms. The topological polar surface area (TPSA) is 66.9 Å². The Labute approximate surface area is 212 Å². The summed E-state index contributed by atoms with van der Waals surface area (Å²) in [6.07, 6.45) is 4.63. The highest BCUT2D eigenvalue weighted by molar-refractivity contribution is 8.18. The summed E-state index contributed by atoms with van der Waals surface area (Å²) < 4.78 is 19.3. The standard InChI is InChI=1S/C28H25FN2O4S/c29-21-11-8-19(9-12-21)18-35-24-13-10-20-6-2-3-7-22(20)23(24)16-25-27(33)31(28(34)36-25)17-26(32)30-14-4-1-5-15-30/h2-3,6-13,16H,1,4-5,14-15,17-18H2/b25-16-. The van der Waals surface area contributed by atoms with Crippen molar-refractivity contribution in [1.29, 1.82) is 0 Å². The predicted molar refractivity (Wildman–Crippen MR) is 138 cm³/mol. The summed E-state index contributed by atoms with van der Waals surface area (Å²) in [6, 6.07) is 17.5. The largest absolute Gasteiger partial charge is 0.488 e. The van der Waals surface area contributed by atoms with Gasteiger partial charge in [0.15, 0.2) is 0 Å². The van der Waals surface area contributed by atoms with E-state index in [0.29, 0.717) is 24.4 Å². The van der Waals surface area contributed by atoms with Crippen molar-refractivity contribution in [2.45, 2.75) is 25.9 Å². The van der Waals surface area contributed by atoms with Gasteiger partial charge < -0.3 is 9.64 Å². The van der Waals surface area contributed by atoms with Gasteiger partial charge in [0.25, 0.3) is 11.1 Å². The first kappa shape index (κ1) is 24.1. The number of carbonyl (C=O) groups is 3. The van der Waals surface area contributed by atoms with E-state index < -0.39 is 11.1 Å². The van der Waals surface area contributed by atoms with Crippen LogP contribution in [-0.4, -0.2) is 46.5 Å². The van der Waals surface area contributed by atoms with Crippen LogP contribution in [0.4, 0.5) is 9.18 Å². The third-order valence-electron chi connectivity index (χ3n) is 6.39. The molecule has 6 nitrogen and oxygen atoms in total. The van der Waals surface area contributed by atoms with Gasteiger partial charge in [0.05, 0.1) is 4.91 Å². The van der Waals surface area contributed by atoms with Crippen LogP contribution in [0.3, 0.4) is 0 Å². The Morgan fingerprint density at radius 1 is 0.972 bits per heavy atom. The SMILES string of the molecule is O=C(CN1C(=O)S/C(=C\c2c(OCc3ccc(F)cc3)ccc3ccccc23)C1=O)N1CCCCC1. The minimum Gasteiger partial charge on any atom is -0.488 e. The number of hydrogen-bond donors (Lipinski definition) is 0. The second-order valence-corrected chi connectivity index (χ2v) is 9.82. The molecular weight excluding hydrogens is 479 g/mol. The molecular formula is C28H25FN2O4S. The number of amides is 3. The zero-order chi connectivity index (χ0) is 25.1. The van der Waals surface area contributed by atoms with Crippen LogP contribution in [0.5, 0.6) is 5.75 Å². The number of piperidine rings is 1. The Hall–Kier alpha value is -3.65. The van der Waals surface area contributed by atoms with E-state index in [0.717, 1.165) is 52.3 Å². The molecule has 0 aliphatic carbocycles. The molecule has 0 atom stereocenters. The lowest BCUT2D eigenvalue weighted by molar-refractivity contribution is -0.136. The summed E-state index contributed by atoms with van der Waals surface area (Å²) in [5.41, 5.74) is 1.47. The van der Waals surface area contributed by atoms with Crippen molar-refractivity contribution < 1.29 is 23.5 Å². The number of halogens is 1. The van der Waals surface area contributed by atoms with Gasteiger partial charge in [-0.2, -0.15) is 0 Å². The van der Waals surface area contributed by atoms with E-state index in [1.807, 2.05) is 36.4 Å². The smallest absolute Gasteiger partial charge is 0.294 e. The van der Waals surface area contributed by atoms with Gasteiger partial charge in [-0.05, 0) is 71.6 Å². The van der Waals surface area contributed by atoms with Gasteiger partial charge in [-0.3, -0.25) is 19.3 Å². The molecule has 2 fully saturated rings. The van der Waals surface area contributed by atoms with Gasteiger partial charge in [-0.1, -0.05) is 42.5 Å². The van der Waals surface area contributed by atoms with Gasteiger partial charge in [0, 0.05) is 18.7 Å². The van der Waals surface area contributed by atoms with Crippen molar-refractivity contribution >= 4 is 45.7 Å². The first-order valence-corrected chi connectivity index (χ1v) is 12.7. The minimum absolute atomic E-state index is 0.202. The van der Waals surface area contributed by atoms with Crippen molar-refractivity contribution in [3.63, 3.8) is 0 Å². The molecule has 0 saturated carbocycles. The molecule has 0 aromatic heterocycles. The Morgan fingerprint density at radius 2 is 1.72 bits per heavy atom. The summed E-state index contributed by atoms with van der Waals surface area (Å²) in [6.45, 7) is 1.29. The zero-order valence-electron chi connectivity index (χ0n) is 19.6. The molecule has 5 rings (SSSR count). The Balaban J connectivity index is 1.42. The maximum atomic E-state index is 13.3. The lowest BCUT2D eigenvalue weighted by Gasteiger charge is -2.27. The summed E-state index contributed by atoms with van der Waals surface area (Å²) in [5, 5.41) is 1.37. The molecule has 0 bridgehead atoms. The Morgan fingerprint density at radius 3 is 2.50 bits per heavy atom. The first-order valence-electron chi connectivity index (χ1n) is 11.9. The molecule has 2 saturated heterocycles. The number of fused-ring (bicyclic) bond motifs is 1. The number of hydrogen-bond acceptors (Lipinski definition) is 5. The number of benzene rings is 3. The first-order chi connectivity index (χ1) is 17.5. The van der Waals surface area contributed by atoms with Crippen molar-refractivity contribution in [2.24, 2.45) is 0 Å². The number of thioether (sulfide) groups is 1. The molecule has 0 N–H and O–H groups in total. The van der Waals surface area contributed by atoms with Crippen LogP contribution in [0.25, 0.3) is 16.8 Å². The lowest BCUT2D eigenvalue weighted by Crippen LogP contribution is -2.44. The van der Waals surface area contributed by atoms with Gasteiger partial charge in [-0.15, -0.1) is 0 Å². The van der Waals surface area contributed by atoms with E-state index in [2.05, 4.69) is 0 Å². The minimum atomic E-state index is -0.479. The van der Waals surface area contributed by atoms with Crippen LogP contribution < -0.4 is 4.74 Å². The highest BCUT2D eigenvalue weighted by Crippen LogP contribution is 2.37. The van der Waals surface area contributed by atoms with Gasteiger partial charge in [0.1, 0.15) is 24.7 Å². The average molecular weight is 505 g/mol. The quantitative estimate of drug-likeness (QED) is 0.409. The lowest BCUT2D eigenvalue weighted by atomic mass is 10.0. The van der Waals surface area contributed by atoms with Crippen LogP contribution in [0.1, 0.15) is 30.4 Å². The molecule has 3 amide bonds. The maximum Gasteiger partial charge on any atom is 0.294 e. The number of carbonyl (C=O) groups excluding carboxylic acids is 3. The van der Waals surface area contributed by atoms with E-state index in [4.69, 9.17) is 4.74 Å². The summed E-state index contributed by atoms with van der Waals surface area (Å²) >= 11 is 0.829. The van der Waals surface area contributed by atoms with E-state index in [-0.39, 0.29) is 29.8 Å². The van der Waals surface area contributed by atoms with Crippen molar-refractivity contribution in [3.05, 3.63) is 82.5 Å². The van der Waals surface area contributed by atoms with Crippen LogP contribution in [0.2, 0.25) is 0 Å².